The fourth-order valence-electron chi connectivity index (χ4n) is 14.2. The second-order valence-corrected chi connectivity index (χ2v) is 33.9. The van der Waals surface area contributed by atoms with Crippen LogP contribution in [0.2, 0.25) is 0 Å². The van der Waals surface area contributed by atoms with Crippen LogP contribution in [-0.4, -0.2) is 320 Å². The number of nitrogens with zero attached hydrogens (tertiary/aromatic N) is 10. The minimum atomic E-state index is -1.55. The number of hydrogen-bond acceptors (Lipinski definition) is 35. The molecular formula is C81H124B3N19O26. The van der Waals surface area contributed by atoms with Gasteiger partial charge in [0.25, 0.3) is 29.9 Å². The van der Waals surface area contributed by atoms with E-state index in [4.69, 9.17) is 57.8 Å². The summed E-state index contributed by atoms with van der Waals surface area (Å²) in [5.74, 6) is -6.86. The maximum Gasteiger partial charge on any atom is 0.326 e. The number of amides is 6. The summed E-state index contributed by atoms with van der Waals surface area (Å²) >= 11 is 0. The Labute approximate surface area is 749 Å². The molecule has 129 heavy (non-hydrogen) atoms. The number of cyclic esters (lactones) is 2. The predicted molar refractivity (Wildman–Crippen MR) is 461 cm³/mol. The summed E-state index contributed by atoms with van der Waals surface area (Å²) in [7, 11) is 5.09. The minimum Gasteiger partial charge on any atom is -0.483 e. The van der Waals surface area contributed by atoms with Gasteiger partial charge >= 0.3 is 29.8 Å². The number of aromatic nitrogens is 9. The molecule has 11 N–H and O–H groups in total. The van der Waals surface area contributed by atoms with Gasteiger partial charge in [-0.3, -0.25) is 77.3 Å². The summed E-state index contributed by atoms with van der Waals surface area (Å²) < 4.78 is 69.5. The molecule has 708 valence electrons. The second-order valence-electron chi connectivity index (χ2n) is 33.9. The molecule has 3 aromatic heterocycles. The number of carbonyl (C=O) groups excluding carboxylic acids is 13. The Kier molecular flexibility index (Phi) is 42.3. The molecule has 4 saturated heterocycles. The molecule has 0 aliphatic carbocycles. The largest absolute Gasteiger partial charge is 0.483 e. The third-order valence-corrected chi connectivity index (χ3v) is 21.5. The van der Waals surface area contributed by atoms with Crippen LogP contribution in [0, 0.1) is 5.92 Å². The standard InChI is InChI=1S/C81H124B3N19O26/c1-51(77(117)127-63-35-57(105)42-100-43-72(114)124-47-61(63)100)13-6-9-26-86-66(107)21-29-119-48-81(49-120-30-22-67(108)87-27-10-7-15-58-62(106)17-12-14-56(104)37-89-58,50-121-31-23-68(109)88-28-11-8-16-59(90-38-70(111)112)78(118)129-73-19-18-71(113)128-73)92-69(110)20-24-80(4,5)126-32-25-79(2,3)93-76(116)60(36-85)91-75(115)52-33-64(122-44-53-39-101(82)97-94-53)74(125-46-55-41-103(84)99-96-55)65(34-52)123-45-54-40-102(83)98-95-54/h33-34,39-41,51,58-61,63,73,89-90H,6-32,35-38,42-50,82-85H2,1-5H3,(H,86,107)(H,87,108)(H,88,109)(H,91,115)(H,92,110)(H,93,116)(H,111,112)/t51?,58?,59?,60?,61-,63-,73-,81?/m1/s1. The number of ketones is 3. The van der Waals surface area contributed by atoms with Crippen LogP contribution in [0.25, 0.3) is 0 Å². The van der Waals surface area contributed by atoms with Gasteiger partial charge in [-0.1, -0.05) is 29.0 Å². The average molecular weight is 1810 g/mol. The fraction of sp³-hybridized carbons (Fsp3) is 0.679. The normalized spacial score (nSPS) is 17.9. The SMILES string of the molecule is Bn1cc(COc2cc(C(=O)NC(CN)C(=O)NC(C)(C)CCOC(C)(C)CCC(=O)NC(COCCC(=O)NCCCCC(C)C(=O)O[C@@H]3CC(=O)CN4CC(=O)OC[C@H]34)(COCCC(=O)NCCCCC3NCC(=O)CCCC3=O)COCCC(=O)NCCCCC(NCC(=O)O)C(=O)O[C@@H]3CCC(=O)O3)cc(OCc3cn(B)nn3)c2OCc2cn(B)nn2)nn1. The van der Waals surface area contributed by atoms with Gasteiger partial charge in [0, 0.05) is 114 Å². The molecule has 4 aliphatic heterocycles. The highest BCUT2D eigenvalue weighted by Gasteiger charge is 2.43. The molecule has 0 saturated carbocycles. The lowest BCUT2D eigenvalue weighted by atomic mass is 9.96. The number of morpholine rings is 1. The van der Waals surface area contributed by atoms with E-state index < -0.39 is 119 Å². The van der Waals surface area contributed by atoms with Crippen molar-refractivity contribution >= 4 is 107 Å². The minimum absolute atomic E-state index is 0.000268. The summed E-state index contributed by atoms with van der Waals surface area (Å²) in [6.07, 6.45) is 8.21. The van der Waals surface area contributed by atoms with Crippen LogP contribution >= 0.6 is 0 Å². The van der Waals surface area contributed by atoms with Crippen LogP contribution in [0.15, 0.2) is 30.7 Å². The average Bonchev–Trinajstić information content (AvgIpc) is 1.50. The molecule has 7 heterocycles. The Morgan fingerprint density at radius 3 is 1.74 bits per heavy atom. The van der Waals surface area contributed by atoms with Crippen LogP contribution in [0.5, 0.6) is 17.2 Å². The Morgan fingerprint density at radius 1 is 0.636 bits per heavy atom. The maximum absolute atomic E-state index is 14.6. The predicted octanol–water partition coefficient (Wildman–Crippen LogP) is -3.48. The molecule has 8 rings (SSSR count). The molecule has 0 radical (unpaired) electrons. The number of hydrogen-bond donors (Lipinski definition) is 10. The van der Waals surface area contributed by atoms with E-state index in [0.29, 0.717) is 94.3 Å². The van der Waals surface area contributed by atoms with Gasteiger partial charge in [-0.25, -0.2) is 0 Å². The third kappa shape index (κ3) is 37.6. The first-order chi connectivity index (χ1) is 61.6. The zero-order chi connectivity index (χ0) is 93.5. The van der Waals surface area contributed by atoms with Gasteiger partial charge in [0.2, 0.25) is 41.6 Å². The van der Waals surface area contributed by atoms with E-state index in [-0.39, 0.29) is 228 Å². The molecule has 0 bridgehead atoms. The maximum atomic E-state index is 14.6. The van der Waals surface area contributed by atoms with Crippen molar-refractivity contribution in [2.75, 3.05) is 105 Å². The lowest BCUT2D eigenvalue weighted by Crippen LogP contribution is -2.59. The number of rotatable bonds is 59. The van der Waals surface area contributed by atoms with Crippen LogP contribution in [0.3, 0.4) is 0 Å². The smallest absolute Gasteiger partial charge is 0.326 e. The number of Topliss-reactive ketones (excluding diaryl/α,β-unsaturated/α-hetero) is 3. The number of carboxylic acids is 1. The number of fused-ring (bicyclic) bond motifs is 1. The number of unbranched alkanes of at least 4 members (excludes halogenated alkanes) is 3. The van der Waals surface area contributed by atoms with Crippen molar-refractivity contribution in [3.05, 3.63) is 53.4 Å². The number of piperidine rings is 1. The van der Waals surface area contributed by atoms with Gasteiger partial charge in [-0.2, -0.15) is 0 Å². The molecule has 0 spiro atoms. The van der Waals surface area contributed by atoms with Crippen molar-refractivity contribution in [2.45, 2.75) is 243 Å². The second kappa shape index (κ2) is 52.7. The van der Waals surface area contributed by atoms with Crippen molar-refractivity contribution in [3.8, 4) is 17.2 Å². The van der Waals surface area contributed by atoms with Gasteiger partial charge in [0.05, 0.1) is 95.8 Å². The van der Waals surface area contributed by atoms with E-state index in [0.717, 1.165) is 0 Å². The number of aliphatic carboxylic acids is 1. The molecular weight excluding hydrogens is 1690 g/mol. The highest BCUT2D eigenvalue weighted by atomic mass is 16.7. The lowest BCUT2D eigenvalue weighted by Gasteiger charge is -2.41. The number of carbonyl (C=O) groups is 14. The molecule has 4 fully saturated rings. The van der Waals surface area contributed by atoms with Crippen molar-refractivity contribution < 1.29 is 124 Å². The summed E-state index contributed by atoms with van der Waals surface area (Å²) in [6, 6.07) is -0.341. The van der Waals surface area contributed by atoms with E-state index in [9.17, 15) is 72.2 Å². The molecule has 8 atom stereocenters. The number of carboxylic acid groups (broad SMARTS) is 1. The van der Waals surface area contributed by atoms with Gasteiger partial charge < -0.3 is 114 Å². The Bertz CT molecular complexity index is 4350. The van der Waals surface area contributed by atoms with E-state index in [1.54, 1.807) is 82.1 Å². The summed E-state index contributed by atoms with van der Waals surface area (Å²) in [5, 5.41) is 56.6. The van der Waals surface area contributed by atoms with Gasteiger partial charge in [0.15, 0.2) is 17.3 Å². The van der Waals surface area contributed by atoms with E-state index in [1.807, 2.05) is 0 Å². The highest BCUT2D eigenvalue weighted by Crippen LogP contribution is 2.41. The quantitative estimate of drug-likeness (QED) is 0.00888. The molecule has 5 unspecified atom stereocenters. The first-order valence-corrected chi connectivity index (χ1v) is 43.8. The number of nitrogens with two attached hydrogens (primary N) is 1. The topological polar surface area (TPSA) is 578 Å². The lowest BCUT2D eigenvalue weighted by molar-refractivity contribution is -0.179. The van der Waals surface area contributed by atoms with Crippen LogP contribution in [0.4, 0.5) is 0 Å². The molecule has 1 aromatic carbocycles. The number of esters is 4. The van der Waals surface area contributed by atoms with Gasteiger partial charge in [-0.15, -0.1) is 15.3 Å². The summed E-state index contributed by atoms with van der Waals surface area (Å²) in [5.41, 5.74) is 4.07. The first kappa shape index (κ1) is 103. The number of benzene rings is 1. The monoisotopic (exact) mass is 1810 g/mol. The molecule has 4 aliphatic rings. The fourth-order valence-corrected chi connectivity index (χ4v) is 14.2. The number of nitrogens with one attached hydrogen (secondary N) is 8. The highest BCUT2D eigenvalue weighted by molar-refractivity contribution is 6.06. The van der Waals surface area contributed by atoms with Crippen molar-refractivity contribution in [1.82, 2.24) is 92.1 Å². The van der Waals surface area contributed by atoms with Gasteiger partial charge in [-0.05, 0) is 110 Å². The van der Waals surface area contributed by atoms with E-state index >= 15 is 0 Å². The Morgan fingerprint density at radius 2 is 1.20 bits per heavy atom. The third-order valence-electron chi connectivity index (χ3n) is 21.5. The van der Waals surface area contributed by atoms with Crippen LogP contribution in [-0.2, 0) is 120 Å². The zero-order valence-corrected chi connectivity index (χ0v) is 74.9. The van der Waals surface area contributed by atoms with Gasteiger partial charge in [0.1, 0.15) is 78.8 Å². The Balaban J connectivity index is 0.889. The van der Waals surface area contributed by atoms with Crippen molar-refractivity contribution in [2.24, 2.45) is 11.7 Å². The van der Waals surface area contributed by atoms with Crippen molar-refractivity contribution in [3.63, 3.8) is 0 Å². The Hall–Kier alpha value is -10.9. The zero-order valence-electron chi connectivity index (χ0n) is 74.9. The summed E-state index contributed by atoms with van der Waals surface area (Å²) in [6.45, 7) is 7.06. The number of ether oxygens (including phenoxy) is 11. The molecule has 48 heteroatoms. The van der Waals surface area contributed by atoms with Crippen LogP contribution < -0.4 is 62.5 Å². The molecule has 6 amide bonds. The molecule has 4 aromatic rings. The molecule has 45 nitrogen and oxygen atoms in total. The van der Waals surface area contributed by atoms with Crippen LogP contribution in [0.1, 0.15) is 197 Å². The van der Waals surface area contributed by atoms with E-state index in [1.165, 1.54) is 25.9 Å². The van der Waals surface area contributed by atoms with Crippen molar-refractivity contribution in [1.29, 1.82) is 0 Å². The summed E-state index contributed by atoms with van der Waals surface area (Å²) in [4.78, 5) is 183. The first-order valence-electron chi connectivity index (χ1n) is 43.8. The van der Waals surface area contributed by atoms with E-state index in [2.05, 4.69) is 73.5 Å².